The third kappa shape index (κ3) is 5.23. The number of nitrogens with one attached hydrogen (secondary N) is 1. The standard InChI is InChI=1S/C12H25NOS/c1-3-12(11-6-8-14-10-11)13-7-4-5-9-15-2/h11-13H,3-10H2,1-2H3. The summed E-state index contributed by atoms with van der Waals surface area (Å²) in [5, 5.41) is 3.68. The Morgan fingerprint density at radius 3 is 2.93 bits per heavy atom. The molecule has 0 saturated carbocycles. The maximum atomic E-state index is 5.44. The first-order chi connectivity index (χ1) is 7.38. The smallest absolute Gasteiger partial charge is 0.0509 e. The lowest BCUT2D eigenvalue weighted by molar-refractivity contribution is 0.175. The van der Waals surface area contributed by atoms with Gasteiger partial charge in [0.1, 0.15) is 0 Å². The molecule has 1 N–H and O–H groups in total. The number of thioether (sulfide) groups is 1. The van der Waals surface area contributed by atoms with Crippen LogP contribution in [0, 0.1) is 5.92 Å². The molecule has 0 aromatic carbocycles. The third-order valence-corrected chi connectivity index (χ3v) is 3.85. The molecule has 90 valence electrons. The van der Waals surface area contributed by atoms with Crippen LogP contribution in [0.4, 0.5) is 0 Å². The molecule has 1 rings (SSSR count). The van der Waals surface area contributed by atoms with E-state index in [2.05, 4.69) is 18.5 Å². The van der Waals surface area contributed by atoms with E-state index in [0.717, 1.165) is 19.1 Å². The molecule has 0 bridgehead atoms. The van der Waals surface area contributed by atoms with Crippen molar-refractivity contribution in [3.05, 3.63) is 0 Å². The summed E-state index contributed by atoms with van der Waals surface area (Å²) in [6, 6.07) is 0.682. The van der Waals surface area contributed by atoms with Gasteiger partial charge in [0.2, 0.25) is 0 Å². The van der Waals surface area contributed by atoms with Crippen LogP contribution in [0.15, 0.2) is 0 Å². The molecule has 1 fully saturated rings. The van der Waals surface area contributed by atoms with Crippen molar-refractivity contribution < 1.29 is 4.74 Å². The van der Waals surface area contributed by atoms with Crippen molar-refractivity contribution in [2.24, 2.45) is 5.92 Å². The van der Waals surface area contributed by atoms with Crippen LogP contribution in [0.25, 0.3) is 0 Å². The summed E-state index contributed by atoms with van der Waals surface area (Å²) in [5.74, 6) is 2.06. The normalized spacial score (nSPS) is 23.2. The maximum Gasteiger partial charge on any atom is 0.0509 e. The van der Waals surface area contributed by atoms with Crippen molar-refractivity contribution in [1.29, 1.82) is 0 Å². The van der Waals surface area contributed by atoms with E-state index in [1.54, 1.807) is 0 Å². The van der Waals surface area contributed by atoms with E-state index in [4.69, 9.17) is 4.74 Å². The Bertz CT molecular complexity index is 149. The van der Waals surface area contributed by atoms with Crippen molar-refractivity contribution in [3.63, 3.8) is 0 Å². The maximum absolute atomic E-state index is 5.44. The highest BCUT2D eigenvalue weighted by atomic mass is 32.2. The number of rotatable bonds is 8. The van der Waals surface area contributed by atoms with Crippen LogP contribution < -0.4 is 5.32 Å². The quantitative estimate of drug-likeness (QED) is 0.649. The number of hydrogen-bond donors (Lipinski definition) is 1. The molecule has 0 aliphatic carbocycles. The summed E-state index contributed by atoms with van der Waals surface area (Å²) in [6.07, 6.45) is 7.31. The minimum absolute atomic E-state index is 0.682. The molecule has 2 unspecified atom stereocenters. The molecule has 0 radical (unpaired) electrons. The van der Waals surface area contributed by atoms with E-state index in [1.807, 2.05) is 11.8 Å². The van der Waals surface area contributed by atoms with E-state index in [0.29, 0.717) is 6.04 Å². The fraction of sp³-hybridized carbons (Fsp3) is 1.00. The monoisotopic (exact) mass is 231 g/mol. The second kappa shape index (κ2) is 8.43. The van der Waals surface area contributed by atoms with Gasteiger partial charge in [0.15, 0.2) is 0 Å². The fourth-order valence-electron chi connectivity index (χ4n) is 2.17. The molecular formula is C12H25NOS. The Kier molecular flexibility index (Phi) is 7.49. The van der Waals surface area contributed by atoms with Crippen molar-refractivity contribution in [2.75, 3.05) is 31.8 Å². The average Bonchev–Trinajstić information content (AvgIpc) is 2.77. The van der Waals surface area contributed by atoms with Gasteiger partial charge in [-0.1, -0.05) is 6.92 Å². The van der Waals surface area contributed by atoms with Crippen LogP contribution in [0.2, 0.25) is 0 Å². The van der Waals surface area contributed by atoms with Crippen molar-refractivity contribution in [3.8, 4) is 0 Å². The highest BCUT2D eigenvalue weighted by Crippen LogP contribution is 2.18. The van der Waals surface area contributed by atoms with Gasteiger partial charge in [-0.3, -0.25) is 0 Å². The number of ether oxygens (including phenoxy) is 1. The summed E-state index contributed by atoms with van der Waals surface area (Å²) < 4.78 is 5.44. The minimum atomic E-state index is 0.682. The van der Waals surface area contributed by atoms with Crippen molar-refractivity contribution in [2.45, 2.75) is 38.6 Å². The van der Waals surface area contributed by atoms with Crippen LogP contribution in [0.5, 0.6) is 0 Å². The first-order valence-corrected chi connectivity index (χ1v) is 7.58. The molecule has 2 atom stereocenters. The molecular weight excluding hydrogens is 206 g/mol. The Morgan fingerprint density at radius 1 is 1.47 bits per heavy atom. The molecule has 0 aromatic heterocycles. The Balaban J connectivity index is 2.05. The zero-order chi connectivity index (χ0) is 10.9. The zero-order valence-corrected chi connectivity index (χ0v) is 10.9. The molecule has 1 saturated heterocycles. The van der Waals surface area contributed by atoms with Gasteiger partial charge >= 0.3 is 0 Å². The predicted octanol–water partition coefficient (Wildman–Crippen LogP) is 2.53. The molecule has 1 aliphatic rings. The van der Waals surface area contributed by atoms with Crippen LogP contribution in [-0.4, -0.2) is 37.8 Å². The van der Waals surface area contributed by atoms with Gasteiger partial charge in [-0.25, -0.2) is 0 Å². The first-order valence-electron chi connectivity index (χ1n) is 6.18. The summed E-state index contributed by atoms with van der Waals surface area (Å²) >= 11 is 1.94. The molecule has 1 aliphatic heterocycles. The highest BCUT2D eigenvalue weighted by molar-refractivity contribution is 7.98. The Labute approximate surface area is 98.5 Å². The molecule has 3 heteroatoms. The average molecular weight is 231 g/mol. The zero-order valence-electron chi connectivity index (χ0n) is 10.1. The lowest BCUT2D eigenvalue weighted by Gasteiger charge is -2.22. The van der Waals surface area contributed by atoms with Gasteiger partial charge in [-0.15, -0.1) is 0 Å². The fourth-order valence-corrected chi connectivity index (χ4v) is 2.67. The van der Waals surface area contributed by atoms with Crippen LogP contribution in [0.1, 0.15) is 32.6 Å². The Hall–Kier alpha value is 0.270. The van der Waals surface area contributed by atoms with Crippen LogP contribution in [0.3, 0.4) is 0 Å². The van der Waals surface area contributed by atoms with Gasteiger partial charge < -0.3 is 10.1 Å². The van der Waals surface area contributed by atoms with Crippen LogP contribution in [-0.2, 0) is 4.74 Å². The van der Waals surface area contributed by atoms with Crippen LogP contribution >= 0.6 is 11.8 Å². The second-order valence-electron chi connectivity index (χ2n) is 4.29. The van der Waals surface area contributed by atoms with Gasteiger partial charge in [0.25, 0.3) is 0 Å². The van der Waals surface area contributed by atoms with Gasteiger partial charge in [0, 0.05) is 12.6 Å². The summed E-state index contributed by atoms with van der Waals surface area (Å²) in [7, 11) is 0. The van der Waals surface area contributed by atoms with Gasteiger partial charge in [-0.05, 0) is 50.2 Å². The van der Waals surface area contributed by atoms with Crippen molar-refractivity contribution in [1.82, 2.24) is 5.32 Å². The summed E-state index contributed by atoms with van der Waals surface area (Å²) in [4.78, 5) is 0. The topological polar surface area (TPSA) is 21.3 Å². The lowest BCUT2D eigenvalue weighted by Crippen LogP contribution is -2.36. The third-order valence-electron chi connectivity index (χ3n) is 3.16. The van der Waals surface area contributed by atoms with E-state index >= 15 is 0 Å². The SMILES string of the molecule is CCC(NCCCCSC)C1CCOC1. The molecule has 0 amide bonds. The molecule has 2 nitrogen and oxygen atoms in total. The first kappa shape index (κ1) is 13.3. The van der Waals surface area contributed by atoms with Crippen molar-refractivity contribution >= 4 is 11.8 Å². The highest BCUT2D eigenvalue weighted by Gasteiger charge is 2.23. The second-order valence-corrected chi connectivity index (χ2v) is 5.28. The summed E-state index contributed by atoms with van der Waals surface area (Å²) in [5.41, 5.74) is 0. The predicted molar refractivity (Wildman–Crippen MR) is 68.6 cm³/mol. The molecule has 15 heavy (non-hydrogen) atoms. The van der Waals surface area contributed by atoms with Gasteiger partial charge in [-0.2, -0.15) is 11.8 Å². The lowest BCUT2D eigenvalue weighted by atomic mass is 9.97. The molecule has 0 spiro atoms. The van der Waals surface area contributed by atoms with E-state index in [1.165, 1.54) is 38.0 Å². The van der Waals surface area contributed by atoms with E-state index < -0.39 is 0 Å². The minimum Gasteiger partial charge on any atom is -0.381 e. The largest absolute Gasteiger partial charge is 0.381 e. The number of hydrogen-bond acceptors (Lipinski definition) is 3. The van der Waals surface area contributed by atoms with E-state index in [-0.39, 0.29) is 0 Å². The molecule has 1 heterocycles. The molecule has 0 aromatic rings. The summed E-state index contributed by atoms with van der Waals surface area (Å²) in [6.45, 7) is 5.39. The van der Waals surface area contributed by atoms with E-state index in [9.17, 15) is 0 Å². The van der Waals surface area contributed by atoms with Gasteiger partial charge in [0.05, 0.1) is 6.61 Å². The Morgan fingerprint density at radius 2 is 2.33 bits per heavy atom. The number of unbranched alkanes of at least 4 members (excludes halogenated alkanes) is 1.